The normalized spacial score (nSPS) is 5.57. The Morgan fingerprint density at radius 2 is 2.00 bits per heavy atom. The van der Waals surface area contributed by atoms with E-state index in [-0.39, 0.29) is 0 Å². The van der Waals surface area contributed by atoms with E-state index in [1.807, 2.05) is 0 Å². The standard InChI is InChI=1S/C3H4O2.CH3.Na/c1-2-3(4)5;;/h2H,1H2,(H,4,5);1H3;. The van der Waals surface area contributed by atoms with Crippen LogP contribution in [0.1, 0.15) is 0 Å². The molecular formula is C4H7NaO2. The van der Waals surface area contributed by atoms with Crippen molar-refractivity contribution in [2.75, 3.05) is 0 Å². The number of carbonyl (C=O) groups is 1. The Kier molecular flexibility index (Phi) is 13.9. The number of rotatable bonds is 1. The number of carboxylic acids is 1. The molecule has 0 saturated heterocycles. The van der Waals surface area contributed by atoms with Crippen molar-refractivity contribution in [3.8, 4) is 0 Å². The third-order valence-corrected chi connectivity index (χ3v) is 0.175. The van der Waals surface area contributed by atoms with Gasteiger partial charge in [0.05, 0.1) is 0 Å². The van der Waals surface area contributed by atoms with E-state index in [0.717, 1.165) is 6.08 Å². The molecule has 7 heavy (non-hydrogen) atoms. The average molecular weight is 110 g/mol. The first kappa shape index (κ1) is 10.2. The molecule has 0 fully saturated rings. The van der Waals surface area contributed by atoms with Crippen molar-refractivity contribution in [2.45, 2.75) is 4.17 Å². The molecule has 36 valence electrons. The van der Waals surface area contributed by atoms with Crippen molar-refractivity contribution in [3.05, 3.63) is 12.7 Å². The van der Waals surface area contributed by atoms with Gasteiger partial charge in [0, 0.05) is 6.08 Å². The summed E-state index contributed by atoms with van der Waals surface area (Å²) in [6.45, 7) is 2.96. The van der Waals surface area contributed by atoms with E-state index < -0.39 is 5.97 Å². The zero-order chi connectivity index (χ0) is 6.28. The third kappa shape index (κ3) is 22.5. The summed E-state index contributed by atoms with van der Waals surface area (Å²) >= 11 is 1.31. The van der Waals surface area contributed by atoms with E-state index >= 15 is 0 Å². The van der Waals surface area contributed by atoms with Gasteiger partial charge in [0.1, 0.15) is 0 Å². The van der Waals surface area contributed by atoms with Gasteiger partial charge in [0.15, 0.2) is 0 Å². The molecule has 0 aliphatic rings. The quantitative estimate of drug-likeness (QED) is 0.393. The zero-order valence-electron chi connectivity index (χ0n) is 4.64. The number of aliphatic carboxylic acids is 1. The summed E-state index contributed by atoms with van der Waals surface area (Å²) < 4.78 is 2.14. The third-order valence-electron chi connectivity index (χ3n) is 0.175. The Hall–Kier alpha value is 0.210. The molecule has 2 nitrogen and oxygen atoms in total. The van der Waals surface area contributed by atoms with Crippen LogP contribution in [0.15, 0.2) is 12.7 Å². The maximum atomic E-state index is 9.25. The van der Waals surface area contributed by atoms with Crippen molar-refractivity contribution in [3.63, 3.8) is 0 Å². The SMILES string of the molecule is C=CC(=O)O.[CH3][Na]. The predicted molar refractivity (Wildman–Crippen MR) is 29.5 cm³/mol. The molecule has 0 rings (SSSR count). The van der Waals surface area contributed by atoms with Gasteiger partial charge in [-0.1, -0.05) is 6.58 Å². The van der Waals surface area contributed by atoms with Crippen LogP contribution >= 0.6 is 0 Å². The topological polar surface area (TPSA) is 37.3 Å². The fourth-order valence-electron chi connectivity index (χ4n) is 0. The van der Waals surface area contributed by atoms with Gasteiger partial charge in [-0.2, -0.15) is 0 Å². The first-order chi connectivity index (χ1) is 3.27. The Morgan fingerprint density at radius 1 is 1.86 bits per heavy atom. The second kappa shape index (κ2) is 9.51. The predicted octanol–water partition coefficient (Wildman–Crippen LogP) is 0.460. The summed E-state index contributed by atoms with van der Waals surface area (Å²) in [6, 6.07) is 0. The molecule has 0 aliphatic heterocycles. The number of carboxylic acid groups (broad SMARTS) is 1. The molecule has 0 radical (unpaired) electrons. The molecule has 0 aromatic rings. The van der Waals surface area contributed by atoms with Gasteiger partial charge in [0.2, 0.25) is 0 Å². The van der Waals surface area contributed by atoms with Gasteiger partial charge >= 0.3 is 38.1 Å². The Bertz CT molecular complexity index is 60.7. The van der Waals surface area contributed by atoms with Gasteiger partial charge in [-0.3, -0.25) is 0 Å². The average Bonchev–Trinajstić information content (AvgIpc) is 1.73. The van der Waals surface area contributed by atoms with E-state index in [1.54, 1.807) is 0 Å². The molecule has 0 aliphatic carbocycles. The maximum absolute atomic E-state index is 9.25. The molecular weight excluding hydrogens is 103 g/mol. The number of hydrogen-bond acceptors (Lipinski definition) is 1. The number of hydrogen-bond donors (Lipinski definition) is 1. The summed E-state index contributed by atoms with van der Waals surface area (Å²) in [4.78, 5) is 9.25. The van der Waals surface area contributed by atoms with E-state index in [2.05, 4.69) is 10.8 Å². The van der Waals surface area contributed by atoms with E-state index in [4.69, 9.17) is 5.11 Å². The summed E-state index contributed by atoms with van der Waals surface area (Å²) in [5.41, 5.74) is 0. The van der Waals surface area contributed by atoms with Crippen molar-refractivity contribution >= 4 is 33.9 Å². The minimum atomic E-state index is -0.981. The molecule has 0 amide bonds. The molecule has 0 spiro atoms. The second-order valence-corrected chi connectivity index (χ2v) is 0.542. The van der Waals surface area contributed by atoms with E-state index in [9.17, 15) is 4.79 Å². The van der Waals surface area contributed by atoms with E-state index in [0.29, 0.717) is 0 Å². The Labute approximate surface area is 60.6 Å². The molecule has 1 N–H and O–H groups in total. The monoisotopic (exact) mass is 110 g/mol. The van der Waals surface area contributed by atoms with Crippen LogP contribution in [0.25, 0.3) is 0 Å². The van der Waals surface area contributed by atoms with Gasteiger partial charge < -0.3 is 5.11 Å². The fraction of sp³-hybridized carbons (Fsp3) is 0.250. The Morgan fingerprint density at radius 3 is 2.00 bits per heavy atom. The van der Waals surface area contributed by atoms with Crippen LogP contribution in [0, 0.1) is 0 Å². The van der Waals surface area contributed by atoms with Crippen LogP contribution in [-0.4, -0.2) is 39.0 Å². The van der Waals surface area contributed by atoms with Crippen LogP contribution in [0.3, 0.4) is 0 Å². The second-order valence-electron chi connectivity index (χ2n) is 0.542. The Balaban J connectivity index is 0. The van der Waals surface area contributed by atoms with Crippen LogP contribution in [0.4, 0.5) is 0 Å². The molecule has 0 unspecified atom stereocenters. The molecule has 0 atom stereocenters. The minimum absolute atomic E-state index is 0.833. The molecule has 3 heteroatoms. The first-order valence-electron chi connectivity index (χ1n) is 2.12. The summed E-state index contributed by atoms with van der Waals surface area (Å²) in [5, 5.41) is 7.60. The van der Waals surface area contributed by atoms with Gasteiger partial charge in [0.25, 0.3) is 0 Å². The fourth-order valence-corrected chi connectivity index (χ4v) is 0. The van der Waals surface area contributed by atoms with E-state index in [1.165, 1.54) is 27.9 Å². The van der Waals surface area contributed by atoms with Gasteiger partial charge in [-0.25, -0.2) is 4.79 Å². The molecule has 0 bridgehead atoms. The molecule has 0 aromatic heterocycles. The van der Waals surface area contributed by atoms with Gasteiger partial charge in [-0.15, -0.1) is 0 Å². The van der Waals surface area contributed by atoms with Crippen molar-refractivity contribution in [2.24, 2.45) is 0 Å². The van der Waals surface area contributed by atoms with Crippen LogP contribution in [0.2, 0.25) is 4.17 Å². The molecule has 0 saturated carbocycles. The first-order valence-corrected chi connectivity index (χ1v) is 4.12. The van der Waals surface area contributed by atoms with Gasteiger partial charge in [-0.05, 0) is 0 Å². The van der Waals surface area contributed by atoms with Crippen LogP contribution in [-0.2, 0) is 4.79 Å². The molecule has 0 aromatic carbocycles. The van der Waals surface area contributed by atoms with Crippen molar-refractivity contribution in [1.82, 2.24) is 0 Å². The van der Waals surface area contributed by atoms with Crippen LogP contribution in [0.5, 0.6) is 0 Å². The summed E-state index contributed by atoms with van der Waals surface area (Å²) in [6.07, 6.45) is 0.833. The molecule has 0 heterocycles. The zero-order valence-corrected chi connectivity index (χ0v) is 6.64. The van der Waals surface area contributed by atoms with Crippen molar-refractivity contribution in [1.29, 1.82) is 0 Å². The van der Waals surface area contributed by atoms with Crippen LogP contribution < -0.4 is 0 Å². The summed E-state index contributed by atoms with van der Waals surface area (Å²) in [5.74, 6) is -0.981. The van der Waals surface area contributed by atoms with Crippen molar-refractivity contribution < 1.29 is 9.90 Å². The summed E-state index contributed by atoms with van der Waals surface area (Å²) in [7, 11) is 0.